The lowest BCUT2D eigenvalue weighted by molar-refractivity contribution is -0.171. The Balaban J connectivity index is 1.73. The fourth-order valence-corrected chi connectivity index (χ4v) is 5.30. The molecule has 1 saturated heterocycles. The molecule has 2 aliphatic heterocycles. The van der Waals surface area contributed by atoms with E-state index in [1.54, 1.807) is 16.2 Å². The van der Waals surface area contributed by atoms with Crippen molar-refractivity contribution < 1.29 is 24.1 Å². The molecule has 0 spiro atoms. The summed E-state index contributed by atoms with van der Waals surface area (Å²) in [6, 6.07) is 8.34. The summed E-state index contributed by atoms with van der Waals surface area (Å²) in [6.45, 7) is 4.78. The van der Waals surface area contributed by atoms with E-state index in [0.717, 1.165) is 6.42 Å². The predicted molar refractivity (Wildman–Crippen MR) is 116 cm³/mol. The van der Waals surface area contributed by atoms with Gasteiger partial charge in [0, 0.05) is 42.8 Å². The minimum absolute atomic E-state index is 0.0157. The highest BCUT2D eigenvalue weighted by molar-refractivity contribution is 7.17. The van der Waals surface area contributed by atoms with Crippen molar-refractivity contribution in [3.05, 3.63) is 47.0 Å². The highest BCUT2D eigenvalue weighted by Gasteiger charge is 2.39. The third kappa shape index (κ3) is 4.39. The Kier molecular flexibility index (Phi) is 7.04. The summed E-state index contributed by atoms with van der Waals surface area (Å²) in [6.07, 6.45) is 2.88. The highest BCUT2D eigenvalue weighted by Crippen LogP contribution is 2.43. The SMILES string of the molecule is CCO[C@@H]1OC(C(=O)N2CCOCC2)=C[C@H](c2csc3ccccc23)[C@H]1CCCO. The fourth-order valence-electron chi connectivity index (χ4n) is 4.29. The zero-order valence-electron chi connectivity index (χ0n) is 17.3. The van der Waals surface area contributed by atoms with Gasteiger partial charge < -0.3 is 24.2 Å². The van der Waals surface area contributed by atoms with Crippen LogP contribution in [0.4, 0.5) is 0 Å². The van der Waals surface area contributed by atoms with Crippen LogP contribution in [0.5, 0.6) is 0 Å². The molecule has 162 valence electrons. The molecule has 1 fully saturated rings. The normalized spacial score (nSPS) is 24.5. The molecule has 0 aliphatic carbocycles. The number of aliphatic hydroxyl groups excluding tert-OH is 1. The number of carbonyl (C=O) groups is 1. The van der Waals surface area contributed by atoms with Gasteiger partial charge in [0.2, 0.25) is 6.29 Å². The van der Waals surface area contributed by atoms with Gasteiger partial charge in [0.05, 0.1) is 13.2 Å². The number of morpholine rings is 1. The predicted octanol–water partition coefficient (Wildman–Crippen LogP) is 3.51. The number of allylic oxidation sites excluding steroid dienone is 1. The molecule has 1 amide bonds. The molecule has 3 atom stereocenters. The van der Waals surface area contributed by atoms with Crippen LogP contribution >= 0.6 is 11.3 Å². The monoisotopic (exact) mass is 431 g/mol. The summed E-state index contributed by atoms with van der Waals surface area (Å²) in [5.41, 5.74) is 1.19. The Bertz CT molecular complexity index is 889. The van der Waals surface area contributed by atoms with Crippen LogP contribution in [0.2, 0.25) is 0 Å². The van der Waals surface area contributed by atoms with Crippen molar-refractivity contribution in [1.29, 1.82) is 0 Å². The molecule has 1 aromatic heterocycles. The van der Waals surface area contributed by atoms with Crippen molar-refractivity contribution in [1.82, 2.24) is 4.90 Å². The van der Waals surface area contributed by atoms with Crippen molar-refractivity contribution >= 4 is 27.3 Å². The number of fused-ring (bicyclic) bond motifs is 1. The molecular weight excluding hydrogens is 402 g/mol. The topological polar surface area (TPSA) is 68.2 Å². The summed E-state index contributed by atoms with van der Waals surface area (Å²) >= 11 is 1.71. The first-order chi connectivity index (χ1) is 14.7. The maximum atomic E-state index is 13.2. The van der Waals surface area contributed by atoms with Crippen LogP contribution in [-0.4, -0.2) is 61.7 Å². The Morgan fingerprint density at radius 3 is 2.87 bits per heavy atom. The van der Waals surface area contributed by atoms with E-state index in [-0.39, 0.29) is 24.3 Å². The van der Waals surface area contributed by atoms with Crippen molar-refractivity contribution in [2.45, 2.75) is 32.0 Å². The summed E-state index contributed by atoms with van der Waals surface area (Å²) in [4.78, 5) is 15.0. The van der Waals surface area contributed by atoms with Gasteiger partial charge in [0.25, 0.3) is 5.91 Å². The molecule has 1 aromatic carbocycles. The number of hydrogen-bond donors (Lipinski definition) is 1. The number of thiophene rings is 1. The minimum atomic E-state index is -0.518. The Morgan fingerprint density at radius 2 is 2.10 bits per heavy atom. The van der Waals surface area contributed by atoms with E-state index in [2.05, 4.69) is 17.5 Å². The number of rotatable bonds is 7. The number of amides is 1. The van der Waals surface area contributed by atoms with Gasteiger partial charge in [-0.3, -0.25) is 4.79 Å². The van der Waals surface area contributed by atoms with Crippen molar-refractivity contribution in [2.75, 3.05) is 39.5 Å². The molecule has 1 N–H and O–H groups in total. The van der Waals surface area contributed by atoms with E-state index in [1.165, 1.54) is 15.6 Å². The van der Waals surface area contributed by atoms with Crippen LogP contribution in [-0.2, 0) is 19.0 Å². The van der Waals surface area contributed by atoms with Crippen LogP contribution < -0.4 is 0 Å². The Labute approximate surface area is 181 Å². The van der Waals surface area contributed by atoms with Crippen LogP contribution in [0.1, 0.15) is 31.2 Å². The quantitative estimate of drug-likeness (QED) is 0.727. The summed E-state index contributed by atoms with van der Waals surface area (Å²) in [7, 11) is 0. The fraction of sp³-hybridized carbons (Fsp3) is 0.522. The standard InChI is InChI=1S/C23H29NO5S/c1-2-28-23-17(7-5-11-25)18(19-15-30-21-8-4-3-6-16(19)21)14-20(29-23)22(26)24-9-12-27-13-10-24/h3-4,6,8,14-15,17-18,23,25H,2,5,7,9-13H2,1H3/t17-,18+,23-/m1/s1. The van der Waals surface area contributed by atoms with Gasteiger partial charge in [-0.1, -0.05) is 18.2 Å². The molecule has 30 heavy (non-hydrogen) atoms. The Morgan fingerprint density at radius 1 is 1.30 bits per heavy atom. The lowest BCUT2D eigenvalue weighted by Gasteiger charge is -2.38. The van der Waals surface area contributed by atoms with Gasteiger partial charge in [-0.2, -0.15) is 0 Å². The first-order valence-corrected chi connectivity index (χ1v) is 11.5. The molecule has 0 saturated carbocycles. The lowest BCUT2D eigenvalue weighted by Crippen LogP contribution is -2.44. The molecule has 2 aliphatic rings. The molecule has 0 bridgehead atoms. The second kappa shape index (κ2) is 9.92. The molecule has 2 aromatic rings. The number of benzene rings is 1. The van der Waals surface area contributed by atoms with E-state index in [4.69, 9.17) is 14.2 Å². The third-order valence-corrected chi connectivity index (χ3v) is 6.77. The molecular formula is C23H29NO5S. The number of aliphatic hydroxyl groups is 1. The highest BCUT2D eigenvalue weighted by atomic mass is 32.1. The molecule has 0 unspecified atom stereocenters. The number of ether oxygens (including phenoxy) is 3. The maximum Gasteiger partial charge on any atom is 0.288 e. The lowest BCUT2D eigenvalue weighted by atomic mass is 9.80. The van der Waals surface area contributed by atoms with Gasteiger partial charge >= 0.3 is 0 Å². The van der Waals surface area contributed by atoms with E-state index in [9.17, 15) is 9.90 Å². The zero-order valence-corrected chi connectivity index (χ0v) is 18.1. The molecule has 6 nitrogen and oxygen atoms in total. The second-order valence-electron chi connectivity index (χ2n) is 7.62. The van der Waals surface area contributed by atoms with Gasteiger partial charge in [-0.15, -0.1) is 11.3 Å². The first kappa shape index (κ1) is 21.3. The van der Waals surface area contributed by atoms with Crippen molar-refractivity contribution in [3.8, 4) is 0 Å². The van der Waals surface area contributed by atoms with E-state index >= 15 is 0 Å². The number of carbonyl (C=O) groups excluding carboxylic acids is 1. The molecule has 3 heterocycles. The first-order valence-electron chi connectivity index (χ1n) is 10.7. The molecule has 4 rings (SSSR count). The Hall–Kier alpha value is -1.93. The second-order valence-corrected chi connectivity index (χ2v) is 8.53. The largest absolute Gasteiger partial charge is 0.459 e. The van der Waals surface area contributed by atoms with Crippen LogP contribution in [0, 0.1) is 5.92 Å². The van der Waals surface area contributed by atoms with Crippen molar-refractivity contribution in [2.24, 2.45) is 5.92 Å². The van der Waals surface area contributed by atoms with E-state index < -0.39 is 6.29 Å². The number of hydrogen-bond acceptors (Lipinski definition) is 6. The molecule has 7 heteroatoms. The van der Waals surface area contributed by atoms with Gasteiger partial charge in [0.1, 0.15) is 0 Å². The summed E-state index contributed by atoms with van der Waals surface area (Å²) < 4.78 is 18.7. The van der Waals surface area contributed by atoms with Crippen LogP contribution in [0.3, 0.4) is 0 Å². The van der Waals surface area contributed by atoms with Gasteiger partial charge in [-0.25, -0.2) is 0 Å². The summed E-state index contributed by atoms with van der Waals surface area (Å²) in [5, 5.41) is 12.8. The smallest absolute Gasteiger partial charge is 0.288 e. The average Bonchev–Trinajstić information content (AvgIpc) is 3.22. The number of nitrogens with zero attached hydrogens (tertiary/aromatic N) is 1. The van der Waals surface area contributed by atoms with Crippen LogP contribution in [0.25, 0.3) is 10.1 Å². The van der Waals surface area contributed by atoms with Crippen molar-refractivity contribution in [3.63, 3.8) is 0 Å². The molecule has 0 radical (unpaired) electrons. The van der Waals surface area contributed by atoms with Gasteiger partial charge in [-0.05, 0) is 48.2 Å². The minimum Gasteiger partial charge on any atom is -0.459 e. The zero-order chi connectivity index (χ0) is 20.9. The van der Waals surface area contributed by atoms with E-state index in [1.807, 2.05) is 25.1 Å². The summed E-state index contributed by atoms with van der Waals surface area (Å²) in [5.74, 6) is 0.262. The van der Waals surface area contributed by atoms with E-state index in [0.29, 0.717) is 45.1 Å². The van der Waals surface area contributed by atoms with Gasteiger partial charge in [0.15, 0.2) is 5.76 Å². The maximum absolute atomic E-state index is 13.2. The third-order valence-electron chi connectivity index (χ3n) is 5.79. The van der Waals surface area contributed by atoms with Crippen LogP contribution in [0.15, 0.2) is 41.5 Å². The average molecular weight is 432 g/mol.